The highest BCUT2D eigenvalue weighted by Crippen LogP contribution is 2.34. The van der Waals surface area contributed by atoms with Crippen molar-refractivity contribution in [3.63, 3.8) is 0 Å². The number of piperidine rings is 1. The van der Waals surface area contributed by atoms with Crippen LogP contribution in [0, 0.1) is 5.92 Å². The Morgan fingerprint density at radius 3 is 2.94 bits per heavy atom. The van der Waals surface area contributed by atoms with E-state index in [2.05, 4.69) is 9.88 Å². The Kier molecular flexibility index (Phi) is 3.66. The van der Waals surface area contributed by atoms with Crippen molar-refractivity contribution < 1.29 is 9.90 Å². The summed E-state index contributed by atoms with van der Waals surface area (Å²) in [7, 11) is 0. The number of aliphatic carboxylic acids is 1. The number of likely N-dealkylation sites (tertiary alicyclic amines) is 1. The average molecular weight is 248 g/mol. The fourth-order valence-corrected chi connectivity index (χ4v) is 2.74. The number of hydrogen-bond donors (Lipinski definition) is 1. The van der Waals surface area contributed by atoms with Crippen molar-refractivity contribution in [2.45, 2.75) is 38.8 Å². The van der Waals surface area contributed by atoms with Gasteiger partial charge in [0.25, 0.3) is 0 Å². The quantitative estimate of drug-likeness (QED) is 0.890. The molecule has 0 saturated carbocycles. The van der Waals surface area contributed by atoms with Gasteiger partial charge in [-0.3, -0.25) is 14.7 Å². The molecule has 1 atom stereocenters. The number of rotatable bonds is 3. The van der Waals surface area contributed by atoms with Crippen LogP contribution in [-0.2, 0) is 11.3 Å². The van der Waals surface area contributed by atoms with Crippen LogP contribution < -0.4 is 0 Å². The normalized spacial score (nSPS) is 23.8. The van der Waals surface area contributed by atoms with E-state index in [9.17, 15) is 9.90 Å². The van der Waals surface area contributed by atoms with Gasteiger partial charge < -0.3 is 5.11 Å². The summed E-state index contributed by atoms with van der Waals surface area (Å²) >= 11 is 0. The summed E-state index contributed by atoms with van der Waals surface area (Å²) in [5, 5.41) is 9.32. The minimum absolute atomic E-state index is 0.296. The molecule has 1 aromatic rings. The van der Waals surface area contributed by atoms with Gasteiger partial charge in [-0.05, 0) is 45.4 Å². The van der Waals surface area contributed by atoms with E-state index < -0.39 is 5.97 Å². The molecule has 18 heavy (non-hydrogen) atoms. The van der Waals surface area contributed by atoms with Gasteiger partial charge in [0, 0.05) is 18.3 Å². The summed E-state index contributed by atoms with van der Waals surface area (Å²) in [6.45, 7) is 5.70. The summed E-state index contributed by atoms with van der Waals surface area (Å²) in [5.74, 6) is -0.985. The summed E-state index contributed by atoms with van der Waals surface area (Å²) in [4.78, 5) is 17.9. The van der Waals surface area contributed by atoms with E-state index in [0.29, 0.717) is 0 Å². The lowest BCUT2D eigenvalue weighted by atomic mass is 9.79. The molecular formula is C14H20N2O2. The van der Waals surface area contributed by atoms with E-state index in [1.54, 1.807) is 6.20 Å². The molecule has 1 fully saturated rings. The van der Waals surface area contributed by atoms with E-state index in [0.717, 1.165) is 31.6 Å². The van der Waals surface area contributed by atoms with Crippen LogP contribution in [0.4, 0.5) is 0 Å². The molecular weight excluding hydrogens is 228 g/mol. The van der Waals surface area contributed by atoms with E-state index in [1.807, 2.05) is 32.0 Å². The Labute approximate surface area is 108 Å². The van der Waals surface area contributed by atoms with Gasteiger partial charge in [-0.15, -0.1) is 0 Å². The standard InChI is InChI=1S/C14H20N2O2/c1-14(2)12(13(17)18)7-5-9-16(14)10-11-6-3-4-8-15-11/h3-4,6,8,12H,5,7,9-10H2,1-2H3,(H,17,18). The summed E-state index contributed by atoms with van der Waals surface area (Å²) in [6.07, 6.45) is 3.48. The zero-order chi connectivity index (χ0) is 13.2. The Morgan fingerprint density at radius 1 is 1.56 bits per heavy atom. The maximum absolute atomic E-state index is 11.3. The van der Waals surface area contributed by atoms with Crippen LogP contribution in [0.2, 0.25) is 0 Å². The maximum Gasteiger partial charge on any atom is 0.308 e. The predicted octanol–water partition coefficient (Wildman–Crippen LogP) is 2.16. The molecule has 0 radical (unpaired) electrons. The Morgan fingerprint density at radius 2 is 2.33 bits per heavy atom. The van der Waals surface area contributed by atoms with Gasteiger partial charge >= 0.3 is 5.97 Å². The highest BCUT2D eigenvalue weighted by Gasteiger charge is 2.42. The Hall–Kier alpha value is -1.42. The van der Waals surface area contributed by atoms with Crippen LogP contribution >= 0.6 is 0 Å². The van der Waals surface area contributed by atoms with E-state index in [-0.39, 0.29) is 11.5 Å². The summed E-state index contributed by atoms with van der Waals surface area (Å²) in [6, 6.07) is 5.85. The molecule has 0 bridgehead atoms. The van der Waals surface area contributed by atoms with Crippen LogP contribution in [0.3, 0.4) is 0 Å². The van der Waals surface area contributed by atoms with Gasteiger partial charge in [-0.25, -0.2) is 0 Å². The van der Waals surface area contributed by atoms with Gasteiger partial charge in [-0.2, -0.15) is 0 Å². The number of hydrogen-bond acceptors (Lipinski definition) is 3. The molecule has 0 aromatic carbocycles. The van der Waals surface area contributed by atoms with Crippen molar-refractivity contribution in [3.05, 3.63) is 30.1 Å². The third-order valence-electron chi connectivity index (χ3n) is 3.97. The fraction of sp³-hybridized carbons (Fsp3) is 0.571. The second-order valence-corrected chi connectivity index (χ2v) is 5.43. The smallest absolute Gasteiger partial charge is 0.308 e. The molecule has 4 heteroatoms. The van der Waals surface area contributed by atoms with Crippen molar-refractivity contribution in [2.75, 3.05) is 6.54 Å². The minimum atomic E-state index is -0.689. The number of carboxylic acids is 1. The third-order valence-corrected chi connectivity index (χ3v) is 3.97. The number of carboxylic acid groups (broad SMARTS) is 1. The van der Waals surface area contributed by atoms with Gasteiger partial charge in [-0.1, -0.05) is 6.07 Å². The van der Waals surface area contributed by atoms with Gasteiger partial charge in [0.05, 0.1) is 11.6 Å². The molecule has 2 heterocycles. The van der Waals surface area contributed by atoms with Crippen molar-refractivity contribution in [1.82, 2.24) is 9.88 Å². The lowest BCUT2D eigenvalue weighted by Gasteiger charge is -2.46. The Balaban J connectivity index is 2.15. The fourth-order valence-electron chi connectivity index (χ4n) is 2.74. The second-order valence-electron chi connectivity index (χ2n) is 5.43. The SMILES string of the molecule is CC1(C)C(C(=O)O)CCCN1Cc1ccccn1. The topological polar surface area (TPSA) is 53.4 Å². The second kappa shape index (κ2) is 5.06. The average Bonchev–Trinajstić information content (AvgIpc) is 2.32. The van der Waals surface area contributed by atoms with E-state index in [4.69, 9.17) is 0 Å². The predicted molar refractivity (Wildman–Crippen MR) is 69.1 cm³/mol. The number of nitrogens with zero attached hydrogens (tertiary/aromatic N) is 2. The molecule has 2 rings (SSSR count). The third kappa shape index (κ3) is 2.53. The van der Waals surface area contributed by atoms with E-state index >= 15 is 0 Å². The van der Waals surface area contributed by atoms with Crippen molar-refractivity contribution in [2.24, 2.45) is 5.92 Å². The number of carbonyl (C=O) groups is 1. The molecule has 1 aliphatic rings. The molecule has 1 aromatic heterocycles. The molecule has 4 nitrogen and oxygen atoms in total. The maximum atomic E-state index is 11.3. The van der Waals surface area contributed by atoms with Crippen molar-refractivity contribution in [1.29, 1.82) is 0 Å². The van der Waals surface area contributed by atoms with Gasteiger partial charge in [0.15, 0.2) is 0 Å². The van der Waals surface area contributed by atoms with Gasteiger partial charge in [0.2, 0.25) is 0 Å². The first kappa shape index (κ1) is 13.0. The highest BCUT2D eigenvalue weighted by molar-refractivity contribution is 5.71. The van der Waals surface area contributed by atoms with Crippen molar-refractivity contribution in [3.8, 4) is 0 Å². The first-order valence-corrected chi connectivity index (χ1v) is 6.39. The first-order chi connectivity index (χ1) is 8.51. The van der Waals surface area contributed by atoms with Crippen LogP contribution in [0.15, 0.2) is 24.4 Å². The summed E-state index contributed by atoms with van der Waals surface area (Å²) in [5.41, 5.74) is 0.679. The monoisotopic (exact) mass is 248 g/mol. The van der Waals surface area contributed by atoms with E-state index in [1.165, 1.54) is 0 Å². The minimum Gasteiger partial charge on any atom is -0.481 e. The van der Waals surface area contributed by atoms with Crippen LogP contribution in [0.5, 0.6) is 0 Å². The molecule has 0 aliphatic carbocycles. The number of aromatic nitrogens is 1. The lowest BCUT2D eigenvalue weighted by Crippen LogP contribution is -2.55. The van der Waals surface area contributed by atoms with Crippen LogP contribution in [-0.4, -0.2) is 33.0 Å². The zero-order valence-corrected chi connectivity index (χ0v) is 11.0. The number of pyridine rings is 1. The lowest BCUT2D eigenvalue weighted by molar-refractivity contribution is -0.150. The van der Waals surface area contributed by atoms with Gasteiger partial charge in [0.1, 0.15) is 0 Å². The largest absolute Gasteiger partial charge is 0.481 e. The molecule has 1 N–H and O–H groups in total. The molecule has 98 valence electrons. The molecule has 0 amide bonds. The first-order valence-electron chi connectivity index (χ1n) is 6.39. The van der Waals surface area contributed by atoms with Crippen LogP contribution in [0.25, 0.3) is 0 Å². The molecule has 1 aliphatic heterocycles. The zero-order valence-electron chi connectivity index (χ0n) is 11.0. The summed E-state index contributed by atoms with van der Waals surface area (Å²) < 4.78 is 0. The molecule has 1 unspecified atom stereocenters. The highest BCUT2D eigenvalue weighted by atomic mass is 16.4. The molecule has 0 spiro atoms. The molecule has 1 saturated heterocycles. The van der Waals surface area contributed by atoms with Crippen LogP contribution in [0.1, 0.15) is 32.4 Å². The Bertz CT molecular complexity index is 417. The van der Waals surface area contributed by atoms with Crippen molar-refractivity contribution >= 4 is 5.97 Å².